The van der Waals surface area contributed by atoms with Crippen molar-refractivity contribution in [3.05, 3.63) is 64.5 Å². The predicted molar refractivity (Wildman–Crippen MR) is 114 cm³/mol. The summed E-state index contributed by atoms with van der Waals surface area (Å²) in [4.78, 5) is 17.5. The fourth-order valence-electron chi connectivity index (χ4n) is 2.87. The number of benzene rings is 2. The lowest BCUT2D eigenvalue weighted by atomic mass is 10.1. The molecule has 1 aromatic heterocycles. The van der Waals surface area contributed by atoms with Crippen LogP contribution in [0.5, 0.6) is 0 Å². The van der Waals surface area contributed by atoms with Crippen molar-refractivity contribution >= 4 is 38.1 Å². The molecule has 30 heavy (non-hydrogen) atoms. The number of sulfonamides is 1. The molecule has 0 bridgehead atoms. The summed E-state index contributed by atoms with van der Waals surface area (Å²) in [6, 6.07) is 10.3. The number of carbonyl (C=O) groups is 1. The Morgan fingerprint density at radius 1 is 1.13 bits per heavy atom. The third kappa shape index (κ3) is 4.82. The summed E-state index contributed by atoms with van der Waals surface area (Å²) in [6.45, 7) is 3.06. The number of carbonyl (C=O) groups excluding carboxylic acids is 1. The third-order valence-corrected chi connectivity index (χ3v) is 6.32. The zero-order valence-electron chi connectivity index (χ0n) is 16.4. The SMILES string of the molecule is Cc1ccccc1N(CC(=O)Nc1nc(-c2ccc(F)c(F)c2)c(C)s1)S(C)(=O)=O. The Morgan fingerprint density at radius 3 is 2.47 bits per heavy atom. The number of nitrogens with zero attached hydrogens (tertiary/aromatic N) is 2. The van der Waals surface area contributed by atoms with E-state index in [9.17, 15) is 22.0 Å². The number of halogens is 2. The topological polar surface area (TPSA) is 79.4 Å². The van der Waals surface area contributed by atoms with Gasteiger partial charge in [-0.15, -0.1) is 11.3 Å². The van der Waals surface area contributed by atoms with Gasteiger partial charge in [0.1, 0.15) is 6.54 Å². The number of thiazole rings is 1. The molecule has 6 nitrogen and oxygen atoms in total. The van der Waals surface area contributed by atoms with Gasteiger partial charge in [-0.2, -0.15) is 0 Å². The van der Waals surface area contributed by atoms with Gasteiger partial charge in [0.05, 0.1) is 17.6 Å². The van der Waals surface area contributed by atoms with Crippen LogP contribution in [-0.4, -0.2) is 32.1 Å². The van der Waals surface area contributed by atoms with E-state index in [0.29, 0.717) is 27.4 Å². The van der Waals surface area contributed by atoms with Crippen LogP contribution >= 0.6 is 11.3 Å². The molecule has 1 heterocycles. The molecular formula is C20H19F2N3O3S2. The molecule has 0 atom stereocenters. The highest BCUT2D eigenvalue weighted by molar-refractivity contribution is 7.92. The lowest BCUT2D eigenvalue weighted by molar-refractivity contribution is -0.114. The molecule has 158 valence electrons. The van der Waals surface area contributed by atoms with Crippen LogP contribution in [0.1, 0.15) is 10.4 Å². The maximum atomic E-state index is 13.5. The normalized spacial score (nSPS) is 11.4. The average molecular weight is 452 g/mol. The number of aromatic nitrogens is 1. The third-order valence-electron chi connectivity index (χ3n) is 4.31. The van der Waals surface area contributed by atoms with E-state index >= 15 is 0 Å². The Bertz CT molecular complexity index is 1210. The number of hydrogen-bond acceptors (Lipinski definition) is 5. The lowest BCUT2D eigenvalue weighted by Gasteiger charge is -2.23. The van der Waals surface area contributed by atoms with E-state index in [-0.39, 0.29) is 5.13 Å². The van der Waals surface area contributed by atoms with E-state index in [1.54, 1.807) is 38.1 Å². The Kier molecular flexibility index (Phi) is 6.18. The van der Waals surface area contributed by atoms with Crippen LogP contribution in [0.4, 0.5) is 19.6 Å². The molecule has 3 rings (SSSR count). The number of hydrogen-bond donors (Lipinski definition) is 1. The Hall–Kier alpha value is -2.85. The van der Waals surface area contributed by atoms with Crippen LogP contribution in [-0.2, 0) is 14.8 Å². The molecule has 3 aromatic rings. The highest BCUT2D eigenvalue weighted by Gasteiger charge is 2.23. The molecule has 0 saturated carbocycles. The molecule has 2 aromatic carbocycles. The van der Waals surface area contributed by atoms with Crippen molar-refractivity contribution in [2.24, 2.45) is 0 Å². The van der Waals surface area contributed by atoms with Gasteiger partial charge in [0.25, 0.3) is 0 Å². The van der Waals surface area contributed by atoms with Gasteiger partial charge in [-0.1, -0.05) is 18.2 Å². The fraction of sp³-hybridized carbons (Fsp3) is 0.200. The van der Waals surface area contributed by atoms with Gasteiger partial charge in [-0.25, -0.2) is 22.2 Å². The zero-order chi connectivity index (χ0) is 22.1. The van der Waals surface area contributed by atoms with Gasteiger partial charge < -0.3 is 5.32 Å². The molecule has 1 amide bonds. The summed E-state index contributed by atoms with van der Waals surface area (Å²) in [7, 11) is -3.70. The zero-order valence-corrected chi connectivity index (χ0v) is 18.1. The van der Waals surface area contributed by atoms with Crippen LogP contribution in [0.25, 0.3) is 11.3 Å². The summed E-state index contributed by atoms with van der Waals surface area (Å²) in [6.07, 6.45) is 1.03. The number of anilines is 2. The van der Waals surface area contributed by atoms with Crippen molar-refractivity contribution in [3.8, 4) is 11.3 Å². The van der Waals surface area contributed by atoms with E-state index in [1.165, 1.54) is 6.07 Å². The lowest BCUT2D eigenvalue weighted by Crippen LogP contribution is -2.37. The highest BCUT2D eigenvalue weighted by Crippen LogP contribution is 2.31. The van der Waals surface area contributed by atoms with Crippen molar-refractivity contribution in [1.82, 2.24) is 4.98 Å². The predicted octanol–water partition coefficient (Wildman–Crippen LogP) is 4.11. The van der Waals surface area contributed by atoms with Crippen LogP contribution in [0, 0.1) is 25.5 Å². The average Bonchev–Trinajstić information content (AvgIpc) is 3.02. The van der Waals surface area contributed by atoms with E-state index in [0.717, 1.165) is 34.0 Å². The molecule has 0 radical (unpaired) electrons. The van der Waals surface area contributed by atoms with E-state index in [2.05, 4.69) is 10.3 Å². The van der Waals surface area contributed by atoms with Gasteiger partial charge in [0.15, 0.2) is 16.8 Å². The first-order valence-electron chi connectivity index (χ1n) is 8.82. The second-order valence-electron chi connectivity index (χ2n) is 6.66. The number of nitrogens with one attached hydrogen (secondary N) is 1. The molecule has 10 heteroatoms. The molecule has 0 aliphatic heterocycles. The van der Waals surface area contributed by atoms with Crippen LogP contribution in [0.3, 0.4) is 0 Å². The second kappa shape index (κ2) is 8.49. The van der Waals surface area contributed by atoms with Gasteiger partial charge in [0.2, 0.25) is 15.9 Å². The molecule has 0 aliphatic carbocycles. The van der Waals surface area contributed by atoms with Crippen molar-refractivity contribution in [2.45, 2.75) is 13.8 Å². The highest BCUT2D eigenvalue weighted by atomic mass is 32.2. The molecule has 0 unspecified atom stereocenters. The summed E-state index contributed by atoms with van der Waals surface area (Å²) in [5.74, 6) is -2.53. The first-order chi connectivity index (χ1) is 14.1. The number of rotatable bonds is 6. The minimum absolute atomic E-state index is 0.232. The monoisotopic (exact) mass is 451 g/mol. The van der Waals surface area contributed by atoms with Gasteiger partial charge >= 0.3 is 0 Å². The Labute approximate surface area is 177 Å². The molecule has 1 N–H and O–H groups in total. The van der Waals surface area contributed by atoms with E-state index < -0.39 is 34.1 Å². The number of amides is 1. The largest absolute Gasteiger partial charge is 0.300 e. The Morgan fingerprint density at radius 2 is 1.83 bits per heavy atom. The summed E-state index contributed by atoms with van der Waals surface area (Å²) in [5.41, 5.74) is 1.91. The quantitative estimate of drug-likeness (QED) is 0.612. The molecule has 0 aliphatic rings. The van der Waals surface area contributed by atoms with Crippen molar-refractivity contribution in [1.29, 1.82) is 0 Å². The van der Waals surface area contributed by atoms with Crippen LogP contribution in [0.2, 0.25) is 0 Å². The van der Waals surface area contributed by atoms with Crippen molar-refractivity contribution in [2.75, 3.05) is 22.4 Å². The van der Waals surface area contributed by atoms with Gasteiger partial charge in [-0.3, -0.25) is 9.10 Å². The number of aryl methyl sites for hydroxylation is 2. The maximum absolute atomic E-state index is 13.5. The standard InChI is InChI=1S/C20H19F2N3O3S2/c1-12-6-4-5-7-17(12)25(30(3,27)28)11-18(26)23-20-24-19(13(2)29-20)14-8-9-15(21)16(22)10-14/h4-10H,11H2,1-3H3,(H,23,24,26). The summed E-state index contributed by atoms with van der Waals surface area (Å²) >= 11 is 1.15. The van der Waals surface area contributed by atoms with Gasteiger partial charge in [-0.05, 0) is 43.7 Å². The minimum Gasteiger partial charge on any atom is -0.300 e. The van der Waals surface area contributed by atoms with E-state index in [1.807, 2.05) is 0 Å². The Balaban J connectivity index is 1.82. The maximum Gasteiger partial charge on any atom is 0.246 e. The second-order valence-corrected chi connectivity index (χ2v) is 9.77. The van der Waals surface area contributed by atoms with Gasteiger partial charge in [0, 0.05) is 10.4 Å². The first-order valence-corrected chi connectivity index (χ1v) is 11.5. The number of para-hydroxylation sites is 1. The molecule has 0 spiro atoms. The summed E-state index contributed by atoms with van der Waals surface area (Å²) < 4.78 is 52.2. The molecule has 0 saturated heterocycles. The van der Waals surface area contributed by atoms with Crippen molar-refractivity contribution in [3.63, 3.8) is 0 Å². The fourth-order valence-corrected chi connectivity index (χ4v) is 4.64. The summed E-state index contributed by atoms with van der Waals surface area (Å²) in [5, 5.41) is 2.82. The first kappa shape index (κ1) is 21.8. The molecule has 0 fully saturated rings. The molecular weight excluding hydrogens is 432 g/mol. The van der Waals surface area contributed by atoms with Crippen LogP contribution in [0.15, 0.2) is 42.5 Å². The smallest absolute Gasteiger partial charge is 0.246 e. The van der Waals surface area contributed by atoms with Crippen molar-refractivity contribution < 1.29 is 22.0 Å². The van der Waals surface area contributed by atoms with E-state index in [4.69, 9.17) is 0 Å². The van der Waals surface area contributed by atoms with Crippen LogP contribution < -0.4 is 9.62 Å². The minimum atomic E-state index is -3.70.